The molecule has 0 fully saturated rings. The Bertz CT molecular complexity index is 473. The molecule has 0 radical (unpaired) electrons. The van der Waals surface area contributed by atoms with Gasteiger partial charge in [0.05, 0.1) is 5.75 Å². The first kappa shape index (κ1) is 16.4. The van der Waals surface area contributed by atoms with Crippen LogP contribution in [0.25, 0.3) is 0 Å². The molecular weight excluding hydrogens is 278 g/mol. The summed E-state index contributed by atoms with van der Waals surface area (Å²) in [5.74, 6) is -0.683. The summed E-state index contributed by atoms with van der Waals surface area (Å²) in [4.78, 5) is 31.5. The Hall–Kier alpha value is -1.63. The van der Waals surface area contributed by atoms with E-state index in [1.165, 1.54) is 11.8 Å². The van der Waals surface area contributed by atoms with Crippen molar-refractivity contribution in [1.29, 1.82) is 0 Å². The molecule has 0 saturated carbocycles. The van der Waals surface area contributed by atoms with Crippen molar-refractivity contribution >= 4 is 23.6 Å². The van der Waals surface area contributed by atoms with Crippen LogP contribution in [0.2, 0.25) is 0 Å². The van der Waals surface area contributed by atoms with Gasteiger partial charge in [0.1, 0.15) is 0 Å². The summed E-state index contributed by atoms with van der Waals surface area (Å²) in [5.41, 5.74) is 1.70. The maximum atomic E-state index is 11.6. The zero-order chi connectivity index (χ0) is 15.1. The van der Waals surface area contributed by atoms with Gasteiger partial charge in [-0.1, -0.05) is 11.8 Å². The van der Waals surface area contributed by atoms with Gasteiger partial charge in [-0.15, -0.1) is 0 Å². The number of hydrogen-bond donors (Lipinski definition) is 1. The average molecular weight is 297 g/mol. The van der Waals surface area contributed by atoms with Crippen LogP contribution in [-0.4, -0.2) is 40.2 Å². The summed E-state index contributed by atoms with van der Waals surface area (Å²) >= 11 is 1.20. The van der Waals surface area contributed by atoms with E-state index in [4.69, 9.17) is 4.74 Å². The molecule has 1 atom stereocenters. The number of esters is 1. The highest BCUT2D eigenvalue weighted by Gasteiger charge is 2.17. The lowest BCUT2D eigenvalue weighted by molar-refractivity contribution is -0.152. The molecule has 110 valence electrons. The molecule has 7 heteroatoms. The molecule has 0 aromatic carbocycles. The molecule has 0 saturated heterocycles. The number of carbonyl (C=O) groups is 2. The van der Waals surface area contributed by atoms with E-state index in [0.29, 0.717) is 11.7 Å². The lowest BCUT2D eigenvalue weighted by atomic mass is 10.4. The Morgan fingerprint density at radius 1 is 1.35 bits per heavy atom. The van der Waals surface area contributed by atoms with Crippen molar-refractivity contribution in [1.82, 2.24) is 15.3 Å². The van der Waals surface area contributed by atoms with E-state index in [1.54, 1.807) is 13.8 Å². The van der Waals surface area contributed by atoms with Gasteiger partial charge >= 0.3 is 5.97 Å². The number of thioether (sulfide) groups is 1. The fraction of sp³-hybridized carbons (Fsp3) is 0.538. The number of aryl methyl sites for hydroxylation is 2. The largest absolute Gasteiger partial charge is 0.452 e. The second-order valence-corrected chi connectivity index (χ2v) is 5.19. The minimum atomic E-state index is -0.789. The molecule has 0 aliphatic rings. The van der Waals surface area contributed by atoms with Gasteiger partial charge in [0.15, 0.2) is 11.3 Å². The lowest BCUT2D eigenvalue weighted by Gasteiger charge is -2.12. The van der Waals surface area contributed by atoms with Gasteiger partial charge in [-0.05, 0) is 33.8 Å². The smallest absolute Gasteiger partial charge is 0.317 e. The van der Waals surface area contributed by atoms with Crippen LogP contribution >= 0.6 is 11.8 Å². The zero-order valence-electron chi connectivity index (χ0n) is 12.1. The molecule has 0 unspecified atom stereocenters. The molecule has 1 N–H and O–H groups in total. The molecule has 0 aliphatic carbocycles. The number of nitrogens with one attached hydrogen (secondary N) is 1. The Kier molecular flexibility index (Phi) is 6.44. The standard InChI is InChI=1S/C13H19N3O3S/c1-5-14-12(18)10(4)19-11(17)7-20-13-15-8(2)6-9(3)16-13/h6,10H,5,7H2,1-4H3,(H,14,18)/t10-/m1/s1. The maximum absolute atomic E-state index is 11.6. The Labute approximate surface area is 122 Å². The molecule has 1 amide bonds. The molecule has 1 heterocycles. The lowest BCUT2D eigenvalue weighted by Crippen LogP contribution is -2.35. The molecule has 1 rings (SSSR count). The summed E-state index contributed by atoms with van der Waals surface area (Å²) in [5, 5.41) is 3.12. The van der Waals surface area contributed by atoms with Gasteiger partial charge in [-0.2, -0.15) is 0 Å². The SMILES string of the molecule is CCNC(=O)[C@@H](C)OC(=O)CSc1nc(C)cc(C)n1. The number of likely N-dealkylation sites (N-methyl/N-ethyl adjacent to an activating group) is 1. The van der Waals surface area contributed by atoms with E-state index >= 15 is 0 Å². The van der Waals surface area contributed by atoms with E-state index in [2.05, 4.69) is 15.3 Å². The monoisotopic (exact) mass is 297 g/mol. The highest BCUT2D eigenvalue weighted by Crippen LogP contribution is 2.14. The Balaban J connectivity index is 2.45. The van der Waals surface area contributed by atoms with Gasteiger partial charge in [-0.3, -0.25) is 9.59 Å². The molecular formula is C13H19N3O3S. The molecule has 6 nitrogen and oxygen atoms in total. The van der Waals surface area contributed by atoms with Crippen molar-refractivity contribution in [2.45, 2.75) is 39.0 Å². The van der Waals surface area contributed by atoms with Crippen LogP contribution in [0, 0.1) is 13.8 Å². The van der Waals surface area contributed by atoms with Gasteiger partial charge in [-0.25, -0.2) is 9.97 Å². The molecule has 0 spiro atoms. The number of nitrogens with zero attached hydrogens (tertiary/aromatic N) is 2. The summed E-state index contributed by atoms with van der Waals surface area (Å²) in [6.45, 7) is 7.59. The van der Waals surface area contributed by atoms with Gasteiger partial charge in [0.25, 0.3) is 5.91 Å². The number of hydrogen-bond acceptors (Lipinski definition) is 6. The minimum absolute atomic E-state index is 0.0760. The number of amides is 1. The zero-order valence-corrected chi connectivity index (χ0v) is 12.9. The van der Waals surface area contributed by atoms with Crippen molar-refractivity contribution in [3.05, 3.63) is 17.5 Å². The number of rotatable bonds is 6. The van der Waals surface area contributed by atoms with E-state index < -0.39 is 12.1 Å². The molecule has 20 heavy (non-hydrogen) atoms. The number of ether oxygens (including phenoxy) is 1. The normalized spacial score (nSPS) is 11.8. The van der Waals surface area contributed by atoms with Crippen LogP contribution < -0.4 is 5.32 Å². The second-order valence-electron chi connectivity index (χ2n) is 4.25. The first-order chi connectivity index (χ1) is 9.42. The quantitative estimate of drug-likeness (QED) is 0.483. The third-order valence-electron chi connectivity index (χ3n) is 2.31. The Morgan fingerprint density at radius 2 is 1.95 bits per heavy atom. The van der Waals surface area contributed by atoms with Crippen LogP contribution in [0.3, 0.4) is 0 Å². The van der Waals surface area contributed by atoms with Crippen molar-refractivity contribution in [3.8, 4) is 0 Å². The highest BCUT2D eigenvalue weighted by molar-refractivity contribution is 7.99. The van der Waals surface area contributed by atoms with E-state index in [0.717, 1.165) is 11.4 Å². The summed E-state index contributed by atoms with van der Waals surface area (Å²) < 4.78 is 5.02. The maximum Gasteiger partial charge on any atom is 0.317 e. The van der Waals surface area contributed by atoms with Crippen molar-refractivity contribution in [3.63, 3.8) is 0 Å². The Morgan fingerprint density at radius 3 is 2.50 bits per heavy atom. The first-order valence-corrected chi connectivity index (χ1v) is 7.33. The van der Waals surface area contributed by atoms with E-state index in [1.807, 2.05) is 19.9 Å². The predicted octanol–water partition coefficient (Wildman–Crippen LogP) is 1.25. The molecule has 0 bridgehead atoms. The van der Waals surface area contributed by atoms with Gasteiger partial charge < -0.3 is 10.1 Å². The summed E-state index contributed by atoms with van der Waals surface area (Å²) in [7, 11) is 0. The number of carbonyl (C=O) groups excluding carboxylic acids is 2. The predicted molar refractivity (Wildman–Crippen MR) is 76.5 cm³/mol. The number of aromatic nitrogens is 2. The molecule has 1 aromatic heterocycles. The first-order valence-electron chi connectivity index (χ1n) is 6.34. The third-order valence-corrected chi connectivity index (χ3v) is 3.13. The van der Waals surface area contributed by atoms with Crippen LogP contribution in [0.5, 0.6) is 0 Å². The summed E-state index contributed by atoms with van der Waals surface area (Å²) in [6, 6.07) is 1.86. The highest BCUT2D eigenvalue weighted by atomic mass is 32.2. The van der Waals surface area contributed by atoms with E-state index in [-0.39, 0.29) is 11.7 Å². The molecule has 1 aromatic rings. The van der Waals surface area contributed by atoms with Gasteiger partial charge in [0.2, 0.25) is 0 Å². The van der Waals surface area contributed by atoms with Crippen LogP contribution in [0.4, 0.5) is 0 Å². The fourth-order valence-electron chi connectivity index (χ4n) is 1.48. The fourth-order valence-corrected chi connectivity index (χ4v) is 2.22. The minimum Gasteiger partial charge on any atom is -0.452 e. The second kappa shape index (κ2) is 7.84. The average Bonchev–Trinajstić information content (AvgIpc) is 2.35. The van der Waals surface area contributed by atoms with Crippen molar-refractivity contribution < 1.29 is 14.3 Å². The van der Waals surface area contributed by atoms with Crippen molar-refractivity contribution in [2.24, 2.45) is 0 Å². The van der Waals surface area contributed by atoms with Crippen LogP contribution in [-0.2, 0) is 14.3 Å². The summed E-state index contributed by atoms with van der Waals surface area (Å²) in [6.07, 6.45) is -0.789. The topological polar surface area (TPSA) is 81.2 Å². The van der Waals surface area contributed by atoms with E-state index in [9.17, 15) is 9.59 Å². The van der Waals surface area contributed by atoms with Crippen LogP contribution in [0.1, 0.15) is 25.2 Å². The van der Waals surface area contributed by atoms with Crippen LogP contribution in [0.15, 0.2) is 11.2 Å². The van der Waals surface area contributed by atoms with Crippen molar-refractivity contribution in [2.75, 3.05) is 12.3 Å². The third kappa shape index (κ3) is 5.56. The molecule has 0 aliphatic heterocycles. The van der Waals surface area contributed by atoms with Gasteiger partial charge in [0, 0.05) is 17.9 Å².